The molecule has 0 heterocycles. The molecule has 1 aromatic rings. The molecule has 1 aromatic carbocycles. The number of carbonyl (C=O) groups excluding carboxylic acids is 1. The zero-order valence-electron chi connectivity index (χ0n) is 7.56. The smallest absolute Gasteiger partial charge is 0.248 e. The summed E-state index contributed by atoms with van der Waals surface area (Å²) in [5.41, 5.74) is 11.7. The lowest BCUT2D eigenvalue weighted by Crippen LogP contribution is -2.11. The maximum Gasteiger partial charge on any atom is 0.248 e. The minimum absolute atomic E-state index is 0.0989. The molecule has 1 rings (SSSR count). The van der Waals surface area contributed by atoms with E-state index in [1.54, 1.807) is 18.2 Å². The van der Waals surface area contributed by atoms with Crippen LogP contribution in [-0.4, -0.2) is 23.4 Å². The lowest BCUT2D eigenvalue weighted by atomic mass is 10.2. The van der Waals surface area contributed by atoms with Gasteiger partial charge in [0.25, 0.3) is 0 Å². The van der Waals surface area contributed by atoms with E-state index < -0.39 is 5.91 Å². The summed E-state index contributed by atoms with van der Waals surface area (Å²) in [5.74, 6) is 0.0931. The normalized spacial score (nSPS) is 10.1. The maximum absolute atomic E-state index is 10.8. The first-order chi connectivity index (χ1) is 6.65. The van der Waals surface area contributed by atoms with Gasteiger partial charge in [-0.25, -0.2) is 0 Å². The van der Waals surface area contributed by atoms with Crippen LogP contribution >= 0.6 is 11.8 Å². The van der Waals surface area contributed by atoms with Crippen molar-refractivity contribution in [3.63, 3.8) is 0 Å². The molecule has 0 spiro atoms. The average molecular weight is 212 g/mol. The number of thioether (sulfide) groups is 1. The topological polar surface area (TPSA) is 89.3 Å². The van der Waals surface area contributed by atoms with Gasteiger partial charge in [0.05, 0.1) is 6.61 Å². The Morgan fingerprint density at radius 2 is 2.21 bits per heavy atom. The molecule has 0 saturated carbocycles. The minimum Gasteiger partial charge on any atom is -0.398 e. The van der Waals surface area contributed by atoms with Crippen molar-refractivity contribution in [1.82, 2.24) is 0 Å². The van der Waals surface area contributed by atoms with Gasteiger partial charge in [0.15, 0.2) is 0 Å². The number of rotatable bonds is 4. The predicted molar refractivity (Wildman–Crippen MR) is 57.2 cm³/mol. The molecule has 1 amide bonds. The molecule has 14 heavy (non-hydrogen) atoms. The summed E-state index contributed by atoms with van der Waals surface area (Å²) in [5, 5.41) is 8.63. The molecule has 0 unspecified atom stereocenters. The standard InChI is InChI=1S/C9H12N2O2S/c10-7-5-6(9(11)13)1-2-8(7)14-4-3-12/h1-2,5,12H,3-4,10H2,(H2,11,13). The zero-order chi connectivity index (χ0) is 10.6. The fraction of sp³-hybridized carbons (Fsp3) is 0.222. The van der Waals surface area contributed by atoms with E-state index in [4.69, 9.17) is 16.6 Å². The molecule has 0 fully saturated rings. The summed E-state index contributed by atoms with van der Waals surface area (Å²) in [6.07, 6.45) is 0. The van der Waals surface area contributed by atoms with Crippen molar-refractivity contribution in [2.24, 2.45) is 5.73 Å². The Morgan fingerprint density at radius 3 is 2.71 bits per heavy atom. The Bertz CT molecular complexity index is 342. The third kappa shape index (κ3) is 2.65. The molecule has 0 bridgehead atoms. The molecule has 5 heteroatoms. The van der Waals surface area contributed by atoms with E-state index >= 15 is 0 Å². The van der Waals surface area contributed by atoms with E-state index in [9.17, 15) is 4.79 Å². The number of primary amides is 1. The monoisotopic (exact) mass is 212 g/mol. The molecule has 0 aliphatic carbocycles. The fourth-order valence-corrected chi connectivity index (χ4v) is 1.69. The molecule has 5 N–H and O–H groups in total. The van der Waals surface area contributed by atoms with E-state index in [2.05, 4.69) is 0 Å². The van der Waals surface area contributed by atoms with Crippen molar-refractivity contribution in [1.29, 1.82) is 0 Å². The first-order valence-corrected chi connectivity index (χ1v) is 5.06. The van der Waals surface area contributed by atoms with Gasteiger partial charge in [0.2, 0.25) is 5.91 Å². The molecular formula is C9H12N2O2S. The third-order valence-electron chi connectivity index (χ3n) is 1.64. The van der Waals surface area contributed by atoms with Crippen LogP contribution in [0.15, 0.2) is 23.1 Å². The van der Waals surface area contributed by atoms with Crippen molar-refractivity contribution in [3.05, 3.63) is 23.8 Å². The summed E-state index contributed by atoms with van der Waals surface area (Å²) >= 11 is 1.44. The largest absolute Gasteiger partial charge is 0.398 e. The second kappa shape index (κ2) is 4.88. The number of hydrogen-bond donors (Lipinski definition) is 3. The van der Waals surface area contributed by atoms with Crippen LogP contribution in [0.4, 0.5) is 5.69 Å². The highest BCUT2D eigenvalue weighted by Crippen LogP contribution is 2.25. The Morgan fingerprint density at radius 1 is 1.50 bits per heavy atom. The summed E-state index contributed by atoms with van der Waals surface area (Å²) in [6.45, 7) is 0.0989. The molecule has 0 atom stereocenters. The quantitative estimate of drug-likeness (QED) is 0.499. The van der Waals surface area contributed by atoms with Crippen molar-refractivity contribution in [2.45, 2.75) is 4.90 Å². The van der Waals surface area contributed by atoms with Crippen molar-refractivity contribution in [2.75, 3.05) is 18.1 Å². The highest BCUT2D eigenvalue weighted by molar-refractivity contribution is 7.99. The van der Waals surface area contributed by atoms with E-state index in [1.807, 2.05) is 0 Å². The van der Waals surface area contributed by atoms with E-state index in [1.165, 1.54) is 11.8 Å². The highest BCUT2D eigenvalue weighted by Gasteiger charge is 2.04. The average Bonchev–Trinajstić information content (AvgIpc) is 2.15. The number of carbonyl (C=O) groups is 1. The Labute approximate surface area is 86.3 Å². The Balaban J connectivity index is 2.84. The van der Waals surface area contributed by atoms with Crippen LogP contribution in [-0.2, 0) is 0 Å². The molecule has 0 aromatic heterocycles. The number of aliphatic hydroxyl groups is 1. The lowest BCUT2D eigenvalue weighted by molar-refractivity contribution is 0.100. The van der Waals surface area contributed by atoms with Gasteiger partial charge in [-0.1, -0.05) is 0 Å². The number of anilines is 1. The van der Waals surface area contributed by atoms with Gasteiger partial charge in [-0.3, -0.25) is 4.79 Å². The zero-order valence-corrected chi connectivity index (χ0v) is 8.38. The molecule has 0 aliphatic heterocycles. The summed E-state index contributed by atoms with van der Waals surface area (Å²) < 4.78 is 0. The Kier molecular flexibility index (Phi) is 3.79. The number of amides is 1. The SMILES string of the molecule is NC(=O)c1ccc(SCCO)c(N)c1. The van der Waals surface area contributed by atoms with Gasteiger partial charge < -0.3 is 16.6 Å². The van der Waals surface area contributed by atoms with Crippen LogP contribution in [0, 0.1) is 0 Å². The number of hydrogen-bond acceptors (Lipinski definition) is 4. The van der Waals surface area contributed by atoms with Crippen molar-refractivity contribution >= 4 is 23.4 Å². The molecular weight excluding hydrogens is 200 g/mol. The number of aliphatic hydroxyl groups excluding tert-OH is 1. The maximum atomic E-state index is 10.8. The number of benzene rings is 1. The van der Waals surface area contributed by atoms with Gasteiger partial charge in [-0.15, -0.1) is 11.8 Å². The van der Waals surface area contributed by atoms with Crippen LogP contribution in [0.25, 0.3) is 0 Å². The minimum atomic E-state index is -0.490. The van der Waals surface area contributed by atoms with Gasteiger partial charge in [0, 0.05) is 21.9 Å². The number of nitrogen functional groups attached to an aromatic ring is 1. The van der Waals surface area contributed by atoms with E-state index in [0.29, 0.717) is 17.0 Å². The van der Waals surface area contributed by atoms with Crippen molar-refractivity contribution < 1.29 is 9.90 Å². The van der Waals surface area contributed by atoms with E-state index in [0.717, 1.165) is 4.90 Å². The van der Waals surface area contributed by atoms with Crippen LogP contribution in [0.5, 0.6) is 0 Å². The molecule has 0 saturated heterocycles. The summed E-state index contributed by atoms with van der Waals surface area (Å²) in [6, 6.07) is 4.90. The van der Waals surface area contributed by atoms with Gasteiger partial charge in [-0.05, 0) is 18.2 Å². The van der Waals surface area contributed by atoms with Crippen LogP contribution in [0.3, 0.4) is 0 Å². The van der Waals surface area contributed by atoms with Crippen LogP contribution in [0.1, 0.15) is 10.4 Å². The lowest BCUT2D eigenvalue weighted by Gasteiger charge is -2.05. The van der Waals surface area contributed by atoms with Crippen molar-refractivity contribution in [3.8, 4) is 0 Å². The predicted octanol–water partition coefficient (Wildman–Crippen LogP) is 0.452. The van der Waals surface area contributed by atoms with Gasteiger partial charge >= 0.3 is 0 Å². The van der Waals surface area contributed by atoms with Gasteiger partial charge in [-0.2, -0.15) is 0 Å². The van der Waals surface area contributed by atoms with Gasteiger partial charge in [0.1, 0.15) is 0 Å². The highest BCUT2D eigenvalue weighted by atomic mass is 32.2. The third-order valence-corrected chi connectivity index (χ3v) is 2.71. The first-order valence-electron chi connectivity index (χ1n) is 4.08. The number of nitrogens with two attached hydrogens (primary N) is 2. The fourth-order valence-electron chi connectivity index (χ4n) is 0.989. The summed E-state index contributed by atoms with van der Waals surface area (Å²) in [7, 11) is 0. The van der Waals surface area contributed by atoms with E-state index in [-0.39, 0.29) is 6.61 Å². The molecule has 76 valence electrons. The Hall–Kier alpha value is -1.20. The van der Waals surface area contributed by atoms with Crippen LogP contribution in [0.2, 0.25) is 0 Å². The molecule has 0 radical (unpaired) electrons. The molecule has 4 nitrogen and oxygen atoms in total. The summed E-state index contributed by atoms with van der Waals surface area (Å²) in [4.78, 5) is 11.6. The van der Waals surface area contributed by atoms with Crippen LogP contribution < -0.4 is 11.5 Å². The second-order valence-corrected chi connectivity index (χ2v) is 3.83. The molecule has 0 aliphatic rings. The second-order valence-electron chi connectivity index (χ2n) is 2.69. The first kappa shape index (κ1) is 10.9.